The number of nitrogens with zero attached hydrogens (tertiary/aromatic N) is 1. The van der Waals surface area contributed by atoms with E-state index in [1.165, 1.54) is 0 Å². The topological polar surface area (TPSA) is 72.6 Å². The predicted octanol–water partition coefficient (Wildman–Crippen LogP) is 0.965. The van der Waals surface area contributed by atoms with E-state index in [2.05, 4.69) is 0 Å². The lowest BCUT2D eigenvalue weighted by atomic mass is 10.1. The fraction of sp³-hybridized carbons (Fsp3) is 0.385. The fourth-order valence-corrected chi connectivity index (χ4v) is 1.90. The van der Waals surface area contributed by atoms with E-state index in [1.807, 2.05) is 6.92 Å². The first-order valence-corrected chi connectivity index (χ1v) is 5.81. The van der Waals surface area contributed by atoms with Crippen LogP contribution in [0.1, 0.15) is 22.3 Å². The number of amides is 1. The number of carbonyl (C=O) groups is 2. The fourth-order valence-electron chi connectivity index (χ4n) is 1.90. The van der Waals surface area contributed by atoms with Gasteiger partial charge in [-0.15, -0.1) is 0 Å². The summed E-state index contributed by atoms with van der Waals surface area (Å²) in [5.41, 5.74) is 7.55. The molecule has 2 rings (SSSR count). The minimum atomic E-state index is -0.652. The van der Waals surface area contributed by atoms with Gasteiger partial charge >= 0.3 is 5.97 Å². The minimum absolute atomic E-state index is 0.143. The lowest BCUT2D eigenvalue weighted by molar-refractivity contribution is -0.133. The summed E-state index contributed by atoms with van der Waals surface area (Å²) in [6.07, 6.45) is -0.102. The molecule has 5 heteroatoms. The van der Waals surface area contributed by atoms with Crippen molar-refractivity contribution >= 4 is 17.6 Å². The summed E-state index contributed by atoms with van der Waals surface area (Å²) >= 11 is 0. The molecule has 0 aromatic heterocycles. The number of ether oxygens (including phenoxy) is 1. The van der Waals surface area contributed by atoms with E-state index in [0.29, 0.717) is 24.2 Å². The van der Waals surface area contributed by atoms with Crippen LogP contribution in [0.15, 0.2) is 18.2 Å². The molecule has 1 aromatic carbocycles. The molecule has 18 heavy (non-hydrogen) atoms. The molecule has 1 amide bonds. The number of hydrogen-bond donors (Lipinski definition) is 1. The third-order valence-electron chi connectivity index (χ3n) is 3.13. The highest BCUT2D eigenvalue weighted by Gasteiger charge is 2.32. The van der Waals surface area contributed by atoms with Gasteiger partial charge in [0.05, 0.1) is 5.56 Å². The van der Waals surface area contributed by atoms with Crippen molar-refractivity contribution in [3.8, 4) is 0 Å². The molecule has 0 saturated carbocycles. The second kappa shape index (κ2) is 4.68. The molecule has 1 saturated heterocycles. The van der Waals surface area contributed by atoms with E-state index < -0.39 is 12.1 Å². The van der Waals surface area contributed by atoms with Crippen molar-refractivity contribution < 1.29 is 14.3 Å². The Kier molecular flexibility index (Phi) is 3.23. The van der Waals surface area contributed by atoms with E-state index in [-0.39, 0.29) is 5.91 Å². The zero-order valence-corrected chi connectivity index (χ0v) is 10.5. The first-order chi connectivity index (χ1) is 8.49. The van der Waals surface area contributed by atoms with Gasteiger partial charge in [0.2, 0.25) is 0 Å². The lowest BCUT2D eigenvalue weighted by Gasteiger charge is -2.12. The molecule has 1 aliphatic heterocycles. The van der Waals surface area contributed by atoms with E-state index in [1.54, 1.807) is 30.1 Å². The summed E-state index contributed by atoms with van der Waals surface area (Å²) in [5, 5.41) is 0. The maximum Gasteiger partial charge on any atom is 0.338 e. The summed E-state index contributed by atoms with van der Waals surface area (Å²) < 4.78 is 5.20. The monoisotopic (exact) mass is 248 g/mol. The van der Waals surface area contributed by atoms with Gasteiger partial charge in [-0.2, -0.15) is 0 Å². The number of rotatable bonds is 2. The van der Waals surface area contributed by atoms with Crippen LogP contribution in [0, 0.1) is 6.92 Å². The van der Waals surface area contributed by atoms with E-state index in [4.69, 9.17) is 10.5 Å². The predicted molar refractivity (Wildman–Crippen MR) is 67.0 cm³/mol. The van der Waals surface area contributed by atoms with E-state index in [9.17, 15) is 9.59 Å². The summed E-state index contributed by atoms with van der Waals surface area (Å²) in [6.45, 7) is 2.44. The number of carbonyl (C=O) groups excluding carboxylic acids is 2. The highest BCUT2D eigenvalue weighted by atomic mass is 16.5. The molecule has 96 valence electrons. The van der Waals surface area contributed by atoms with Crippen molar-refractivity contribution in [2.24, 2.45) is 0 Å². The van der Waals surface area contributed by atoms with Crippen molar-refractivity contribution in [2.75, 3.05) is 19.3 Å². The van der Waals surface area contributed by atoms with Gasteiger partial charge in [-0.1, -0.05) is 0 Å². The first-order valence-electron chi connectivity index (χ1n) is 5.81. The van der Waals surface area contributed by atoms with Gasteiger partial charge in [0.1, 0.15) is 0 Å². The number of nitrogen functional groups attached to an aromatic ring is 1. The summed E-state index contributed by atoms with van der Waals surface area (Å²) in [5.74, 6) is -0.623. The van der Waals surface area contributed by atoms with E-state index >= 15 is 0 Å². The standard InChI is InChI=1S/C13H16N2O3/c1-8-7-9(3-4-10(8)14)13(17)18-11-5-6-15(2)12(11)16/h3-4,7,11H,5-6,14H2,1-2H3. The van der Waals surface area contributed by atoms with Crippen molar-refractivity contribution in [1.82, 2.24) is 4.90 Å². The largest absolute Gasteiger partial charge is 0.449 e. The molecule has 0 aliphatic carbocycles. The molecule has 5 nitrogen and oxygen atoms in total. The van der Waals surface area contributed by atoms with Gasteiger partial charge in [0, 0.05) is 25.7 Å². The Bertz CT molecular complexity index is 499. The molecule has 1 aliphatic rings. The summed E-state index contributed by atoms with van der Waals surface area (Å²) in [7, 11) is 1.70. The molecule has 0 radical (unpaired) electrons. The second-order valence-electron chi connectivity index (χ2n) is 4.51. The Balaban J connectivity index is 2.08. The molecule has 1 heterocycles. The third kappa shape index (κ3) is 2.30. The average Bonchev–Trinajstić information content (AvgIpc) is 2.64. The second-order valence-corrected chi connectivity index (χ2v) is 4.51. The number of nitrogens with two attached hydrogens (primary N) is 1. The molecule has 2 N–H and O–H groups in total. The van der Waals surface area contributed by atoms with Gasteiger partial charge in [0.25, 0.3) is 5.91 Å². The number of likely N-dealkylation sites (N-methyl/N-ethyl adjacent to an activating group) is 1. The number of anilines is 1. The highest BCUT2D eigenvalue weighted by Crippen LogP contribution is 2.17. The van der Waals surface area contributed by atoms with Gasteiger partial charge in [0.15, 0.2) is 6.10 Å². The van der Waals surface area contributed by atoms with Crippen LogP contribution >= 0.6 is 0 Å². The summed E-state index contributed by atoms with van der Waals surface area (Å²) in [4.78, 5) is 25.1. The molecule has 1 fully saturated rings. The SMILES string of the molecule is Cc1cc(C(=O)OC2CCN(C)C2=O)ccc1N. The lowest BCUT2D eigenvalue weighted by Crippen LogP contribution is -2.29. The normalized spacial score (nSPS) is 19.1. The number of aryl methyl sites for hydroxylation is 1. The number of hydrogen-bond acceptors (Lipinski definition) is 4. The molecular weight excluding hydrogens is 232 g/mol. The Hall–Kier alpha value is -2.04. The molecule has 1 atom stereocenters. The Morgan fingerprint density at radius 3 is 2.78 bits per heavy atom. The average molecular weight is 248 g/mol. The molecule has 1 unspecified atom stereocenters. The Morgan fingerprint density at radius 2 is 2.22 bits per heavy atom. The molecule has 0 bridgehead atoms. The molecular formula is C13H16N2O3. The van der Waals surface area contributed by atoms with Gasteiger partial charge in [-0.05, 0) is 30.7 Å². The van der Waals surface area contributed by atoms with E-state index in [0.717, 1.165) is 5.56 Å². The van der Waals surface area contributed by atoms with Crippen molar-refractivity contribution in [1.29, 1.82) is 0 Å². The van der Waals surface area contributed by atoms with Crippen LogP contribution in [0.2, 0.25) is 0 Å². The van der Waals surface area contributed by atoms with Crippen LogP contribution in [0.4, 0.5) is 5.69 Å². The van der Waals surface area contributed by atoms with Crippen LogP contribution in [0.25, 0.3) is 0 Å². The third-order valence-corrected chi connectivity index (χ3v) is 3.13. The first kappa shape index (κ1) is 12.4. The number of likely N-dealkylation sites (tertiary alicyclic amines) is 1. The molecule has 1 aromatic rings. The van der Waals surface area contributed by atoms with Crippen LogP contribution < -0.4 is 5.73 Å². The zero-order valence-electron chi connectivity index (χ0n) is 10.5. The van der Waals surface area contributed by atoms with Crippen molar-refractivity contribution in [2.45, 2.75) is 19.4 Å². The Labute approximate surface area is 106 Å². The number of benzene rings is 1. The van der Waals surface area contributed by atoms with Crippen LogP contribution in [0.5, 0.6) is 0 Å². The van der Waals surface area contributed by atoms with Crippen molar-refractivity contribution in [3.05, 3.63) is 29.3 Å². The van der Waals surface area contributed by atoms with Gasteiger partial charge in [-0.25, -0.2) is 4.79 Å². The highest BCUT2D eigenvalue weighted by molar-refractivity contribution is 5.93. The molecule has 0 spiro atoms. The number of esters is 1. The van der Waals surface area contributed by atoms with Crippen LogP contribution in [0.3, 0.4) is 0 Å². The van der Waals surface area contributed by atoms with Crippen LogP contribution in [-0.4, -0.2) is 36.5 Å². The minimum Gasteiger partial charge on any atom is -0.449 e. The zero-order chi connectivity index (χ0) is 13.3. The van der Waals surface area contributed by atoms with Gasteiger partial charge in [-0.3, -0.25) is 4.79 Å². The van der Waals surface area contributed by atoms with Crippen LogP contribution in [-0.2, 0) is 9.53 Å². The van der Waals surface area contributed by atoms with Gasteiger partial charge < -0.3 is 15.4 Å². The van der Waals surface area contributed by atoms with Crippen molar-refractivity contribution in [3.63, 3.8) is 0 Å². The maximum atomic E-state index is 11.9. The maximum absolute atomic E-state index is 11.9. The quantitative estimate of drug-likeness (QED) is 0.625. The smallest absolute Gasteiger partial charge is 0.338 e. The summed E-state index contributed by atoms with van der Waals surface area (Å²) in [6, 6.07) is 4.93. The Morgan fingerprint density at radius 1 is 1.50 bits per heavy atom.